The first-order valence-electron chi connectivity index (χ1n) is 12.9. The van der Waals surface area contributed by atoms with E-state index in [2.05, 4.69) is 66.0 Å². The van der Waals surface area contributed by atoms with Crippen LogP contribution in [-0.4, -0.2) is 13.3 Å². The summed E-state index contributed by atoms with van der Waals surface area (Å²) in [5, 5.41) is 4.48. The first kappa shape index (κ1) is 24.3. The van der Waals surface area contributed by atoms with E-state index >= 15 is 0 Å². The maximum absolute atomic E-state index is 6.25. The number of aliphatic imine (C=N–C) groups is 1. The molecule has 4 aromatic carbocycles. The lowest BCUT2D eigenvalue weighted by molar-refractivity contribution is 0.284. The molecule has 1 aliphatic carbocycles. The van der Waals surface area contributed by atoms with Crippen LogP contribution in [0.4, 0.5) is 11.4 Å². The number of nitrogens with one attached hydrogen (secondary N) is 1. The number of anilines is 1. The van der Waals surface area contributed by atoms with Crippen molar-refractivity contribution in [1.29, 1.82) is 0 Å². The number of fused-ring (bicyclic) bond motifs is 3. The lowest BCUT2D eigenvalue weighted by Crippen LogP contribution is -2.28. The molecule has 2 aliphatic rings. The van der Waals surface area contributed by atoms with Crippen LogP contribution in [-0.2, 0) is 6.61 Å². The zero-order valence-electron chi connectivity index (χ0n) is 21.2. The van der Waals surface area contributed by atoms with Gasteiger partial charge >= 0.3 is 0 Å². The third-order valence-electron chi connectivity index (χ3n) is 7.42. The standard InChI is InChI=1S/C33H29ClN2O2/c1-37-32-19-22(13-18-31(32)38-21-24-7-2-4-11-29(24)34)20-35-25-16-14-23(15-17-25)33-28-10-6-9-26(28)27-8-3-5-12-30(27)36-33/h2-9,11-20,26,28,33,36H,10,21H2,1H3/t26-,28+,33+/m1/s1. The van der Waals surface area contributed by atoms with Crippen LogP contribution in [0.1, 0.15) is 40.6 Å². The molecule has 0 aromatic heterocycles. The van der Waals surface area contributed by atoms with Crippen molar-refractivity contribution >= 4 is 29.2 Å². The summed E-state index contributed by atoms with van der Waals surface area (Å²) in [6.45, 7) is 0.370. The first-order chi connectivity index (χ1) is 18.7. The van der Waals surface area contributed by atoms with Gasteiger partial charge in [0, 0.05) is 28.4 Å². The molecule has 0 bridgehead atoms. The van der Waals surface area contributed by atoms with Crippen molar-refractivity contribution in [2.75, 3.05) is 12.4 Å². The van der Waals surface area contributed by atoms with Gasteiger partial charge in [-0.15, -0.1) is 0 Å². The summed E-state index contributed by atoms with van der Waals surface area (Å²) < 4.78 is 11.5. The zero-order valence-corrected chi connectivity index (χ0v) is 21.9. The molecule has 3 atom stereocenters. The highest BCUT2D eigenvalue weighted by atomic mass is 35.5. The van der Waals surface area contributed by atoms with Gasteiger partial charge in [-0.3, -0.25) is 4.99 Å². The Kier molecular flexibility index (Phi) is 6.89. The number of halogens is 1. The fourth-order valence-corrected chi connectivity index (χ4v) is 5.64. The molecule has 0 radical (unpaired) electrons. The van der Waals surface area contributed by atoms with Crippen LogP contribution >= 0.6 is 11.6 Å². The van der Waals surface area contributed by atoms with Gasteiger partial charge in [-0.2, -0.15) is 0 Å². The molecule has 1 heterocycles. The van der Waals surface area contributed by atoms with E-state index in [4.69, 9.17) is 26.1 Å². The van der Waals surface area contributed by atoms with Gasteiger partial charge in [0.25, 0.3) is 0 Å². The topological polar surface area (TPSA) is 42.8 Å². The van der Waals surface area contributed by atoms with E-state index < -0.39 is 0 Å². The number of allylic oxidation sites excluding steroid dienone is 2. The Morgan fingerprint density at radius 3 is 2.61 bits per heavy atom. The second kappa shape index (κ2) is 10.8. The average molecular weight is 521 g/mol. The van der Waals surface area contributed by atoms with E-state index in [9.17, 15) is 0 Å². The van der Waals surface area contributed by atoms with E-state index in [0.717, 1.165) is 23.2 Å². The van der Waals surface area contributed by atoms with Crippen molar-refractivity contribution < 1.29 is 9.47 Å². The highest BCUT2D eigenvalue weighted by Crippen LogP contribution is 2.49. The summed E-state index contributed by atoms with van der Waals surface area (Å²) >= 11 is 6.25. The average Bonchev–Trinajstić information content (AvgIpc) is 3.46. The van der Waals surface area contributed by atoms with Gasteiger partial charge in [0.05, 0.1) is 18.8 Å². The van der Waals surface area contributed by atoms with E-state index in [-0.39, 0.29) is 6.04 Å². The van der Waals surface area contributed by atoms with E-state index in [1.54, 1.807) is 7.11 Å². The van der Waals surface area contributed by atoms with Crippen molar-refractivity contribution in [3.8, 4) is 11.5 Å². The van der Waals surface area contributed by atoms with Crippen LogP contribution in [0.15, 0.2) is 108 Å². The van der Waals surface area contributed by atoms with Gasteiger partial charge in [-0.05, 0) is 71.5 Å². The molecule has 4 nitrogen and oxygen atoms in total. The van der Waals surface area contributed by atoms with Crippen molar-refractivity contribution in [3.05, 3.63) is 130 Å². The third-order valence-corrected chi connectivity index (χ3v) is 7.78. The molecule has 0 saturated heterocycles. The molecule has 4 aromatic rings. The minimum atomic E-state index is 0.283. The largest absolute Gasteiger partial charge is 0.493 e. The van der Waals surface area contributed by atoms with Crippen LogP contribution in [0.5, 0.6) is 11.5 Å². The Hall–Kier alpha value is -4.02. The number of nitrogens with zero attached hydrogens (tertiary/aromatic N) is 1. The number of para-hydroxylation sites is 1. The third kappa shape index (κ3) is 4.92. The maximum atomic E-state index is 6.25. The van der Waals surface area contributed by atoms with Crippen molar-refractivity contribution in [2.45, 2.75) is 25.0 Å². The molecule has 0 unspecified atom stereocenters. The number of benzene rings is 4. The van der Waals surface area contributed by atoms with Gasteiger partial charge < -0.3 is 14.8 Å². The van der Waals surface area contributed by atoms with Crippen molar-refractivity contribution in [3.63, 3.8) is 0 Å². The quantitative estimate of drug-likeness (QED) is 0.196. The Morgan fingerprint density at radius 2 is 1.76 bits per heavy atom. The van der Waals surface area contributed by atoms with Crippen LogP contribution in [0, 0.1) is 5.92 Å². The van der Waals surface area contributed by atoms with Crippen molar-refractivity contribution in [1.82, 2.24) is 0 Å². The summed E-state index contributed by atoms with van der Waals surface area (Å²) in [5.74, 6) is 2.32. The number of hydrogen-bond donors (Lipinski definition) is 1. The normalized spacial score (nSPS) is 19.6. The fraction of sp³-hybridized carbons (Fsp3) is 0.182. The smallest absolute Gasteiger partial charge is 0.161 e. The van der Waals surface area contributed by atoms with Crippen LogP contribution in [0.25, 0.3) is 0 Å². The number of rotatable bonds is 7. The summed E-state index contributed by atoms with van der Waals surface area (Å²) in [6, 6.07) is 31.0. The van der Waals surface area contributed by atoms with E-state index in [0.29, 0.717) is 35.0 Å². The Labute approximate surface area is 228 Å². The van der Waals surface area contributed by atoms with Crippen LogP contribution in [0.2, 0.25) is 5.02 Å². The predicted molar refractivity (Wildman–Crippen MR) is 155 cm³/mol. The molecule has 38 heavy (non-hydrogen) atoms. The Balaban J connectivity index is 1.15. The molecule has 5 heteroatoms. The molecule has 1 N–H and O–H groups in total. The Morgan fingerprint density at radius 1 is 0.947 bits per heavy atom. The molecule has 0 spiro atoms. The molecular weight excluding hydrogens is 492 g/mol. The summed E-state index contributed by atoms with van der Waals surface area (Å²) in [7, 11) is 1.64. The molecular formula is C33H29ClN2O2. The maximum Gasteiger partial charge on any atom is 0.161 e. The molecule has 0 amide bonds. The van der Waals surface area contributed by atoms with E-state index in [1.807, 2.05) is 48.7 Å². The van der Waals surface area contributed by atoms with Gasteiger partial charge in [0.15, 0.2) is 11.5 Å². The SMILES string of the molecule is COc1cc(C=Nc2ccc([C@@H]3Nc4ccccc4[C@H]4C=CC[C@@H]43)cc2)ccc1OCc1ccccc1Cl. The lowest BCUT2D eigenvalue weighted by atomic mass is 9.77. The molecule has 6 rings (SSSR count). The van der Waals surface area contributed by atoms with Crippen LogP contribution in [0.3, 0.4) is 0 Å². The number of methoxy groups -OCH3 is 1. The molecule has 1 aliphatic heterocycles. The number of ether oxygens (including phenoxy) is 2. The minimum Gasteiger partial charge on any atom is -0.493 e. The fourth-order valence-electron chi connectivity index (χ4n) is 5.45. The van der Waals surface area contributed by atoms with Gasteiger partial charge in [-0.25, -0.2) is 0 Å². The predicted octanol–water partition coefficient (Wildman–Crippen LogP) is 8.50. The van der Waals surface area contributed by atoms with Gasteiger partial charge in [-0.1, -0.05) is 72.3 Å². The summed E-state index contributed by atoms with van der Waals surface area (Å²) in [5.41, 5.74) is 6.70. The monoisotopic (exact) mass is 520 g/mol. The zero-order chi connectivity index (χ0) is 25.9. The summed E-state index contributed by atoms with van der Waals surface area (Å²) in [6.07, 6.45) is 7.64. The minimum absolute atomic E-state index is 0.283. The highest BCUT2D eigenvalue weighted by molar-refractivity contribution is 6.31. The molecule has 0 fully saturated rings. The van der Waals surface area contributed by atoms with Crippen LogP contribution < -0.4 is 14.8 Å². The second-order valence-electron chi connectivity index (χ2n) is 9.70. The van der Waals surface area contributed by atoms with Gasteiger partial charge in [0.2, 0.25) is 0 Å². The Bertz CT molecular complexity index is 1500. The van der Waals surface area contributed by atoms with Gasteiger partial charge in [0.1, 0.15) is 6.61 Å². The molecule has 190 valence electrons. The van der Waals surface area contributed by atoms with Crippen molar-refractivity contribution in [2.24, 2.45) is 10.9 Å². The second-order valence-corrected chi connectivity index (χ2v) is 10.1. The number of hydrogen-bond acceptors (Lipinski definition) is 4. The highest BCUT2D eigenvalue weighted by Gasteiger charge is 2.37. The van der Waals surface area contributed by atoms with E-state index in [1.165, 1.54) is 16.8 Å². The lowest BCUT2D eigenvalue weighted by Gasteiger charge is -2.37. The molecule has 0 saturated carbocycles. The summed E-state index contributed by atoms with van der Waals surface area (Å²) in [4.78, 5) is 4.70. The first-order valence-corrected chi connectivity index (χ1v) is 13.3.